The zero-order valence-electron chi connectivity index (χ0n) is 14.4. The van der Waals surface area contributed by atoms with Gasteiger partial charge in [-0.3, -0.25) is 24.2 Å². The fourth-order valence-corrected chi connectivity index (χ4v) is 2.85. The number of carbonyl (C=O) groups excluding carboxylic acids is 2. The first-order valence-corrected chi connectivity index (χ1v) is 8.43. The van der Waals surface area contributed by atoms with Crippen molar-refractivity contribution in [3.8, 4) is 5.75 Å². The van der Waals surface area contributed by atoms with E-state index in [4.69, 9.17) is 4.74 Å². The number of aromatic nitrogens is 3. The molecule has 136 valence electrons. The Hall–Kier alpha value is -3.68. The van der Waals surface area contributed by atoms with Gasteiger partial charge in [-0.2, -0.15) is 5.10 Å². The van der Waals surface area contributed by atoms with Crippen LogP contribution in [0.25, 0.3) is 0 Å². The van der Waals surface area contributed by atoms with E-state index in [1.165, 1.54) is 4.90 Å². The summed E-state index contributed by atoms with van der Waals surface area (Å²) >= 11 is 0. The number of nitrogens with one attached hydrogen (secondary N) is 1. The normalized spacial score (nSPS) is 13.0. The molecule has 3 heterocycles. The zero-order valence-corrected chi connectivity index (χ0v) is 14.4. The number of ether oxygens (including phenoxy) is 1. The number of anilines is 2. The molecule has 8 nitrogen and oxygen atoms in total. The van der Waals surface area contributed by atoms with E-state index in [9.17, 15) is 9.59 Å². The molecule has 0 bridgehead atoms. The quantitative estimate of drug-likeness (QED) is 0.745. The lowest BCUT2D eigenvalue weighted by Gasteiger charge is -2.28. The largest absolute Gasteiger partial charge is 0.482 e. The van der Waals surface area contributed by atoms with Crippen molar-refractivity contribution in [2.24, 2.45) is 0 Å². The molecule has 0 radical (unpaired) electrons. The fraction of sp³-hybridized carbons (Fsp3) is 0.158. The van der Waals surface area contributed by atoms with Gasteiger partial charge in [-0.05, 0) is 23.8 Å². The van der Waals surface area contributed by atoms with E-state index in [2.05, 4.69) is 15.4 Å². The predicted octanol–water partition coefficient (Wildman–Crippen LogP) is 1.69. The first-order valence-electron chi connectivity index (χ1n) is 8.43. The summed E-state index contributed by atoms with van der Waals surface area (Å²) in [6.45, 7) is 0.373. The van der Waals surface area contributed by atoms with E-state index in [1.54, 1.807) is 47.5 Å². The van der Waals surface area contributed by atoms with Crippen LogP contribution in [0, 0.1) is 0 Å². The molecule has 0 atom stereocenters. The highest BCUT2D eigenvalue weighted by Crippen LogP contribution is 2.31. The van der Waals surface area contributed by atoms with Crippen LogP contribution >= 0.6 is 0 Å². The number of rotatable bonds is 5. The minimum Gasteiger partial charge on any atom is -0.482 e. The van der Waals surface area contributed by atoms with Crippen LogP contribution in [0.3, 0.4) is 0 Å². The molecule has 2 amide bonds. The Balaban J connectivity index is 1.41. The average molecular weight is 363 g/mol. The topological polar surface area (TPSA) is 89.4 Å². The maximum atomic E-state index is 12.4. The van der Waals surface area contributed by atoms with Crippen LogP contribution in [-0.4, -0.2) is 39.7 Å². The third-order valence-electron chi connectivity index (χ3n) is 4.09. The highest BCUT2D eigenvalue weighted by Gasteiger charge is 2.27. The molecule has 27 heavy (non-hydrogen) atoms. The zero-order chi connectivity index (χ0) is 18.6. The molecule has 0 fully saturated rings. The number of carbonyl (C=O) groups is 2. The SMILES string of the molecule is O=C(CN1C(=O)COc2ccccc21)Nc1ccn(Cc2cccnc2)n1. The van der Waals surface area contributed by atoms with Gasteiger partial charge in [0.1, 0.15) is 12.3 Å². The number of hydrogen-bond donors (Lipinski definition) is 1. The smallest absolute Gasteiger partial charge is 0.265 e. The van der Waals surface area contributed by atoms with Crippen molar-refractivity contribution >= 4 is 23.3 Å². The number of para-hydroxylation sites is 2. The summed E-state index contributed by atoms with van der Waals surface area (Å²) in [4.78, 5) is 30.0. The Bertz CT molecular complexity index is 970. The lowest BCUT2D eigenvalue weighted by molar-refractivity contribution is -0.123. The van der Waals surface area contributed by atoms with Crippen molar-refractivity contribution in [2.75, 3.05) is 23.4 Å². The lowest BCUT2D eigenvalue weighted by Crippen LogP contribution is -2.43. The van der Waals surface area contributed by atoms with Gasteiger partial charge in [0.15, 0.2) is 12.4 Å². The summed E-state index contributed by atoms with van der Waals surface area (Å²) < 4.78 is 7.09. The summed E-state index contributed by atoms with van der Waals surface area (Å²) in [5.41, 5.74) is 1.60. The van der Waals surface area contributed by atoms with Crippen molar-refractivity contribution in [1.29, 1.82) is 0 Å². The number of nitrogens with zero attached hydrogens (tertiary/aromatic N) is 4. The van der Waals surface area contributed by atoms with E-state index in [0.717, 1.165) is 5.56 Å². The molecule has 0 saturated heterocycles. The Morgan fingerprint density at radius 2 is 2.07 bits per heavy atom. The van der Waals surface area contributed by atoms with Gasteiger partial charge in [0.25, 0.3) is 5.91 Å². The molecule has 3 aromatic rings. The highest BCUT2D eigenvalue weighted by atomic mass is 16.5. The number of hydrogen-bond acceptors (Lipinski definition) is 5. The molecular formula is C19H17N5O3. The predicted molar refractivity (Wildman–Crippen MR) is 98.5 cm³/mol. The van der Waals surface area contributed by atoms with E-state index in [-0.39, 0.29) is 25.0 Å². The summed E-state index contributed by atoms with van der Waals surface area (Å²) in [5, 5.41) is 7.06. The van der Waals surface area contributed by atoms with Gasteiger partial charge in [0, 0.05) is 24.7 Å². The van der Waals surface area contributed by atoms with Gasteiger partial charge < -0.3 is 10.1 Å². The van der Waals surface area contributed by atoms with Crippen molar-refractivity contribution in [2.45, 2.75) is 6.54 Å². The fourth-order valence-electron chi connectivity index (χ4n) is 2.85. The molecule has 1 aliphatic rings. The lowest BCUT2D eigenvalue weighted by atomic mass is 10.2. The van der Waals surface area contributed by atoms with Crippen molar-refractivity contribution in [3.63, 3.8) is 0 Å². The molecule has 1 aliphatic heterocycles. The Kier molecular flexibility index (Phi) is 4.52. The molecule has 0 aliphatic carbocycles. The third-order valence-corrected chi connectivity index (χ3v) is 4.09. The van der Waals surface area contributed by atoms with Crippen molar-refractivity contribution in [3.05, 3.63) is 66.6 Å². The van der Waals surface area contributed by atoms with Gasteiger partial charge in [0.05, 0.1) is 12.2 Å². The summed E-state index contributed by atoms with van der Waals surface area (Å²) in [5.74, 6) is 0.432. The maximum Gasteiger partial charge on any atom is 0.265 e. The standard InChI is InChI=1S/C19H17N5O3/c25-18(12-24-15-5-1-2-6-16(15)27-13-19(24)26)21-17-7-9-23(22-17)11-14-4-3-8-20-10-14/h1-10H,11-13H2,(H,21,22,25). The van der Waals surface area contributed by atoms with Crippen LogP contribution in [0.15, 0.2) is 61.1 Å². The molecule has 8 heteroatoms. The van der Waals surface area contributed by atoms with Crippen LogP contribution in [0.1, 0.15) is 5.56 Å². The Morgan fingerprint density at radius 1 is 1.19 bits per heavy atom. The average Bonchev–Trinajstić information content (AvgIpc) is 3.11. The number of amides is 2. The van der Waals surface area contributed by atoms with Crippen LogP contribution < -0.4 is 15.0 Å². The minimum absolute atomic E-state index is 0.0793. The second-order valence-corrected chi connectivity index (χ2v) is 6.04. The van der Waals surface area contributed by atoms with Crippen molar-refractivity contribution in [1.82, 2.24) is 14.8 Å². The van der Waals surface area contributed by atoms with Gasteiger partial charge in [-0.15, -0.1) is 0 Å². The van der Waals surface area contributed by atoms with E-state index < -0.39 is 0 Å². The van der Waals surface area contributed by atoms with Crippen molar-refractivity contribution < 1.29 is 14.3 Å². The number of pyridine rings is 1. The monoisotopic (exact) mass is 363 g/mol. The molecule has 4 rings (SSSR count). The van der Waals surface area contributed by atoms with Gasteiger partial charge >= 0.3 is 0 Å². The van der Waals surface area contributed by atoms with Crippen LogP contribution in [-0.2, 0) is 16.1 Å². The number of fused-ring (bicyclic) bond motifs is 1. The molecule has 1 aromatic carbocycles. The summed E-state index contributed by atoms with van der Waals surface area (Å²) in [6, 6.07) is 12.7. The van der Waals surface area contributed by atoms with E-state index in [1.807, 2.05) is 18.2 Å². The molecule has 0 unspecified atom stereocenters. The number of benzene rings is 1. The third kappa shape index (κ3) is 3.79. The molecule has 0 spiro atoms. The van der Waals surface area contributed by atoms with E-state index in [0.29, 0.717) is 23.8 Å². The first-order chi connectivity index (χ1) is 13.2. The second-order valence-electron chi connectivity index (χ2n) is 6.04. The van der Waals surface area contributed by atoms with Crippen LogP contribution in [0.2, 0.25) is 0 Å². The maximum absolute atomic E-state index is 12.4. The summed E-state index contributed by atoms with van der Waals surface area (Å²) in [6.07, 6.45) is 5.25. The minimum atomic E-state index is -0.327. The van der Waals surface area contributed by atoms with Gasteiger partial charge in [-0.1, -0.05) is 18.2 Å². The Morgan fingerprint density at radius 3 is 2.93 bits per heavy atom. The molecule has 0 saturated carbocycles. The highest BCUT2D eigenvalue weighted by molar-refractivity contribution is 6.04. The van der Waals surface area contributed by atoms with Crippen LogP contribution in [0.4, 0.5) is 11.5 Å². The first kappa shape index (κ1) is 16.8. The van der Waals surface area contributed by atoms with Gasteiger partial charge in [0.2, 0.25) is 5.91 Å². The van der Waals surface area contributed by atoms with E-state index >= 15 is 0 Å². The molecular weight excluding hydrogens is 346 g/mol. The van der Waals surface area contributed by atoms with Gasteiger partial charge in [-0.25, -0.2) is 0 Å². The molecule has 2 aromatic heterocycles. The van der Waals surface area contributed by atoms with Crippen LogP contribution in [0.5, 0.6) is 5.75 Å². The Labute approximate surface area is 155 Å². The summed E-state index contributed by atoms with van der Waals surface area (Å²) in [7, 11) is 0. The molecule has 1 N–H and O–H groups in total. The second kappa shape index (κ2) is 7.28.